The van der Waals surface area contributed by atoms with Gasteiger partial charge in [-0.15, -0.1) is 0 Å². The van der Waals surface area contributed by atoms with Gasteiger partial charge in [0, 0.05) is 0 Å². The number of hydrogen-bond acceptors (Lipinski definition) is 0. The van der Waals surface area contributed by atoms with Crippen LogP contribution >= 0.6 is 0 Å². The van der Waals surface area contributed by atoms with Crippen LogP contribution in [0.5, 0.6) is 0 Å². The molecule has 0 aliphatic rings. The molecular formula is C20H15F21Sn. The van der Waals surface area contributed by atoms with Gasteiger partial charge < -0.3 is 0 Å². The van der Waals surface area contributed by atoms with Crippen LogP contribution in [0.15, 0.2) is 30.3 Å². The quantitative estimate of drug-likeness (QED) is 0.147. The van der Waals surface area contributed by atoms with Gasteiger partial charge in [0.1, 0.15) is 0 Å². The average Bonchev–Trinajstić information content (AvgIpc) is 2.75. The van der Waals surface area contributed by atoms with Crippen molar-refractivity contribution >= 4 is 18.4 Å². The molecule has 0 amide bonds. The number of aryl methyl sites for hydroxylation is 1. The van der Waals surface area contributed by atoms with E-state index in [1.54, 1.807) is 0 Å². The molecule has 0 heterocycles. The normalized spacial score (nSPS) is 15.7. The van der Waals surface area contributed by atoms with Crippen molar-refractivity contribution in [2.24, 2.45) is 0 Å². The van der Waals surface area contributed by atoms with E-state index in [-0.39, 0.29) is 0 Å². The van der Waals surface area contributed by atoms with Crippen molar-refractivity contribution in [3.8, 4) is 0 Å². The summed E-state index contributed by atoms with van der Waals surface area (Å²) in [7, 11) is 0. The van der Waals surface area contributed by atoms with Crippen molar-refractivity contribution in [2.75, 3.05) is 0 Å². The summed E-state index contributed by atoms with van der Waals surface area (Å²) in [5, 5.41) is 0. The third-order valence-electron chi connectivity index (χ3n) is 6.02. The predicted molar refractivity (Wildman–Crippen MR) is 103 cm³/mol. The molecule has 0 bridgehead atoms. The van der Waals surface area contributed by atoms with E-state index in [9.17, 15) is 92.2 Å². The minimum atomic E-state index is -8.23. The average molecular weight is 773 g/mol. The van der Waals surface area contributed by atoms with Crippen LogP contribution in [0.2, 0.25) is 17.7 Å². The summed E-state index contributed by atoms with van der Waals surface area (Å²) in [6.07, 6.45) is -23.5. The zero-order valence-electron chi connectivity index (χ0n) is 19.9. The Morgan fingerprint density at radius 1 is 0.405 bits per heavy atom. The fourth-order valence-electron chi connectivity index (χ4n) is 3.87. The Morgan fingerprint density at radius 3 is 0.905 bits per heavy atom. The van der Waals surface area contributed by atoms with E-state index in [0.29, 0.717) is 0 Å². The third kappa shape index (κ3) is 7.60. The maximum absolute atomic E-state index is 14.4. The number of rotatable bonds is 12. The second-order valence-corrected chi connectivity index (χ2v) is 22.4. The Hall–Kier alpha value is -1.45. The molecule has 42 heavy (non-hydrogen) atoms. The van der Waals surface area contributed by atoms with Crippen molar-refractivity contribution < 1.29 is 92.2 Å². The first kappa shape index (κ1) is 38.6. The van der Waals surface area contributed by atoms with Crippen LogP contribution in [-0.4, -0.2) is 72.4 Å². The summed E-state index contributed by atoms with van der Waals surface area (Å²) in [6, 6.07) is 4.82. The van der Waals surface area contributed by atoms with Gasteiger partial charge in [-0.3, -0.25) is 0 Å². The first-order chi connectivity index (χ1) is 18.2. The molecule has 1 aromatic rings. The summed E-state index contributed by atoms with van der Waals surface area (Å²) >= 11 is -8.23. The van der Waals surface area contributed by atoms with Gasteiger partial charge in [0.2, 0.25) is 0 Å². The fourth-order valence-corrected chi connectivity index (χ4v) is 18.8. The molecule has 0 saturated heterocycles. The van der Waals surface area contributed by atoms with E-state index in [4.69, 9.17) is 0 Å². The number of alkyl halides is 21. The Bertz CT molecular complexity index is 937. The summed E-state index contributed by atoms with van der Waals surface area (Å²) in [4.78, 5) is 0. The molecule has 0 saturated carbocycles. The van der Waals surface area contributed by atoms with Crippen LogP contribution in [0.3, 0.4) is 0 Å². The molecule has 0 radical (unpaired) electrons. The van der Waals surface area contributed by atoms with Gasteiger partial charge in [0.05, 0.1) is 0 Å². The first-order valence-electron chi connectivity index (χ1n) is 10.7. The summed E-state index contributed by atoms with van der Waals surface area (Å²) in [5.74, 6) is -43.0. The molecule has 246 valence electrons. The second-order valence-electron chi connectivity index (χ2n) is 9.35. The molecule has 0 spiro atoms. The molecule has 0 aliphatic carbocycles. The van der Waals surface area contributed by atoms with Gasteiger partial charge in [-0.25, -0.2) is 0 Å². The van der Waals surface area contributed by atoms with E-state index >= 15 is 0 Å². The Kier molecular flexibility index (Phi) is 10.5. The molecule has 0 fully saturated rings. The topological polar surface area (TPSA) is 0 Å². The number of benzene rings is 1. The molecular weight excluding hydrogens is 758 g/mol. The first-order valence-corrected chi connectivity index (χ1v) is 18.8. The molecule has 0 unspecified atom stereocenters. The summed E-state index contributed by atoms with van der Waals surface area (Å²) < 4.78 is 269. The van der Waals surface area contributed by atoms with Gasteiger partial charge in [0.25, 0.3) is 0 Å². The van der Waals surface area contributed by atoms with Gasteiger partial charge in [0.15, 0.2) is 0 Å². The predicted octanol–water partition coefficient (Wildman–Crippen LogP) is 10.2. The summed E-state index contributed by atoms with van der Waals surface area (Å²) in [5.41, 5.74) is -0.429. The van der Waals surface area contributed by atoms with Gasteiger partial charge in [-0.05, 0) is 0 Å². The third-order valence-corrected chi connectivity index (χ3v) is 20.0. The maximum atomic E-state index is 14.4. The van der Waals surface area contributed by atoms with Crippen LogP contribution in [0.25, 0.3) is 0 Å². The molecule has 0 aliphatic heterocycles. The van der Waals surface area contributed by atoms with Gasteiger partial charge in [-0.2, -0.15) is 0 Å². The van der Waals surface area contributed by atoms with E-state index in [2.05, 4.69) is 0 Å². The number of halogens is 21. The monoisotopic (exact) mass is 774 g/mol. The van der Waals surface area contributed by atoms with Crippen LogP contribution < -0.4 is 0 Å². The molecule has 22 heteroatoms. The van der Waals surface area contributed by atoms with Crippen molar-refractivity contribution in [1.82, 2.24) is 0 Å². The molecule has 0 nitrogen and oxygen atoms in total. The van der Waals surface area contributed by atoms with Crippen LogP contribution in [0.4, 0.5) is 92.2 Å². The molecule has 0 aromatic heterocycles. The van der Waals surface area contributed by atoms with Crippen molar-refractivity contribution in [2.45, 2.75) is 78.2 Å². The van der Waals surface area contributed by atoms with Crippen LogP contribution in [0, 0.1) is 0 Å². The van der Waals surface area contributed by atoms with E-state index in [0.717, 1.165) is 30.3 Å². The zero-order valence-corrected chi connectivity index (χ0v) is 22.7. The van der Waals surface area contributed by atoms with E-state index in [1.165, 1.54) is 0 Å². The standard InChI is InChI=1S/C8H9.3C4H2F7.Sn/c1-2-8-6-4-3-5-7-8;3*1-2(5,6)3(7,8)4(9,10)11;/h3-7H,1-2H2;3*1H2;. The fraction of sp³-hybridized carbons (Fsp3) is 0.700. The Morgan fingerprint density at radius 2 is 0.667 bits per heavy atom. The molecule has 0 atom stereocenters. The Balaban J connectivity index is 4.05. The van der Waals surface area contributed by atoms with Crippen LogP contribution in [0.1, 0.15) is 5.56 Å². The molecule has 1 aromatic carbocycles. The minimum absolute atomic E-state index is 0.429. The van der Waals surface area contributed by atoms with Crippen molar-refractivity contribution in [3.05, 3.63) is 35.9 Å². The zero-order chi connectivity index (χ0) is 33.6. The summed E-state index contributed by atoms with van der Waals surface area (Å²) in [6.45, 7) is 0. The van der Waals surface area contributed by atoms with Crippen molar-refractivity contribution in [3.63, 3.8) is 0 Å². The SMILES string of the molecule is FC(F)(F)C(F)(F)C(F)(F)[CH2][Sn]([CH2]Cc1ccccc1)([CH2]C(F)(F)C(F)(F)C(F)(F)F)[CH2]C(F)(F)C(F)(F)C(F)(F)F. The van der Waals surface area contributed by atoms with Gasteiger partial charge in [-0.1, -0.05) is 0 Å². The number of hydrogen-bond donors (Lipinski definition) is 0. The van der Waals surface area contributed by atoms with E-state index < -0.39 is 102 Å². The Labute approximate surface area is 225 Å². The molecule has 1 rings (SSSR count). The van der Waals surface area contributed by atoms with Gasteiger partial charge >= 0.3 is 225 Å². The van der Waals surface area contributed by atoms with Crippen molar-refractivity contribution in [1.29, 1.82) is 0 Å². The van der Waals surface area contributed by atoms with Crippen LogP contribution in [-0.2, 0) is 6.42 Å². The molecule has 0 N–H and O–H groups in total. The van der Waals surface area contributed by atoms with E-state index in [1.807, 2.05) is 0 Å². The second kappa shape index (κ2) is 11.5.